The van der Waals surface area contributed by atoms with Crippen molar-refractivity contribution in [2.75, 3.05) is 0 Å². The lowest BCUT2D eigenvalue weighted by Crippen LogP contribution is -2.05. The number of rotatable bonds is 6. The Labute approximate surface area is 177 Å². The average molecular weight is 425 g/mol. The van der Waals surface area contributed by atoms with Gasteiger partial charge in [-0.3, -0.25) is 4.79 Å². The molecule has 0 aliphatic heterocycles. The van der Waals surface area contributed by atoms with Crippen LogP contribution in [-0.2, 0) is 13.0 Å². The summed E-state index contributed by atoms with van der Waals surface area (Å²) < 4.78 is 30.8. The summed E-state index contributed by atoms with van der Waals surface area (Å²) in [4.78, 5) is 12.7. The van der Waals surface area contributed by atoms with E-state index in [-0.39, 0.29) is 28.4 Å². The molecule has 0 bridgehead atoms. The van der Waals surface area contributed by atoms with E-state index in [1.165, 1.54) is 24.0 Å². The van der Waals surface area contributed by atoms with Crippen LogP contribution in [0.5, 0.6) is 17.2 Å². The van der Waals surface area contributed by atoms with Crippen molar-refractivity contribution in [2.24, 2.45) is 0 Å². The molecule has 152 valence electrons. The molecule has 0 N–H and O–H groups in total. The molecule has 0 aliphatic rings. The quantitative estimate of drug-likeness (QED) is 0.353. The molecule has 0 radical (unpaired) electrons. The maximum Gasteiger partial charge on any atom is 0.235 e. The van der Waals surface area contributed by atoms with E-state index in [2.05, 4.69) is 6.92 Å². The summed E-state index contributed by atoms with van der Waals surface area (Å²) in [6, 6.07) is 16.8. The highest BCUT2D eigenvalue weighted by atomic mass is 35.5. The summed E-state index contributed by atoms with van der Waals surface area (Å²) in [5.41, 5.74) is 1.49. The third kappa shape index (κ3) is 4.16. The third-order valence-corrected chi connectivity index (χ3v) is 5.07. The van der Waals surface area contributed by atoms with Gasteiger partial charge in [0, 0.05) is 11.6 Å². The molecule has 4 nitrogen and oxygen atoms in total. The fourth-order valence-corrected chi connectivity index (χ4v) is 3.21. The number of fused-ring (bicyclic) bond motifs is 1. The van der Waals surface area contributed by atoms with Crippen molar-refractivity contribution < 1.29 is 18.3 Å². The molecule has 1 aromatic heterocycles. The molecule has 0 fully saturated rings. The van der Waals surface area contributed by atoms with Gasteiger partial charge in [-0.05, 0) is 48.4 Å². The minimum Gasteiger partial charge on any atom is -0.489 e. The summed E-state index contributed by atoms with van der Waals surface area (Å²) in [6.07, 6.45) is 2.20. The van der Waals surface area contributed by atoms with Gasteiger partial charge in [0.05, 0.1) is 10.4 Å². The molecule has 0 saturated carbocycles. The first-order valence-electron chi connectivity index (χ1n) is 9.43. The highest BCUT2D eigenvalue weighted by molar-refractivity contribution is 6.31. The largest absolute Gasteiger partial charge is 0.489 e. The van der Waals surface area contributed by atoms with Gasteiger partial charge in [-0.25, -0.2) is 4.39 Å². The minimum atomic E-state index is -0.441. The molecule has 30 heavy (non-hydrogen) atoms. The van der Waals surface area contributed by atoms with Crippen molar-refractivity contribution in [2.45, 2.75) is 20.0 Å². The van der Waals surface area contributed by atoms with Gasteiger partial charge >= 0.3 is 0 Å². The van der Waals surface area contributed by atoms with Crippen LogP contribution < -0.4 is 14.9 Å². The van der Waals surface area contributed by atoms with E-state index in [1.54, 1.807) is 24.3 Å². The second-order valence-electron chi connectivity index (χ2n) is 6.68. The fourth-order valence-electron chi connectivity index (χ4n) is 3.00. The second kappa shape index (κ2) is 8.59. The first-order chi connectivity index (χ1) is 14.5. The van der Waals surface area contributed by atoms with Crippen LogP contribution >= 0.6 is 11.6 Å². The molecule has 4 rings (SSSR count). The molecule has 0 saturated heterocycles. The Morgan fingerprint density at radius 3 is 2.53 bits per heavy atom. The lowest BCUT2D eigenvalue weighted by atomic mass is 10.2. The molecule has 0 aliphatic carbocycles. The first-order valence-corrected chi connectivity index (χ1v) is 9.81. The zero-order chi connectivity index (χ0) is 21.1. The maximum absolute atomic E-state index is 13.9. The van der Waals surface area contributed by atoms with Crippen LogP contribution in [0, 0.1) is 5.82 Å². The van der Waals surface area contributed by atoms with E-state index < -0.39 is 5.82 Å². The monoisotopic (exact) mass is 424 g/mol. The number of hydrogen-bond acceptors (Lipinski definition) is 4. The van der Waals surface area contributed by atoms with Gasteiger partial charge in [0.1, 0.15) is 35.8 Å². The topological polar surface area (TPSA) is 48.7 Å². The number of hydrogen-bond donors (Lipinski definition) is 0. The van der Waals surface area contributed by atoms with E-state index in [0.717, 1.165) is 6.42 Å². The molecular weight excluding hydrogens is 407 g/mol. The smallest absolute Gasteiger partial charge is 0.235 e. The highest BCUT2D eigenvalue weighted by Gasteiger charge is 2.12. The molecule has 0 unspecified atom stereocenters. The van der Waals surface area contributed by atoms with Crippen LogP contribution in [0.3, 0.4) is 0 Å². The number of benzene rings is 3. The van der Waals surface area contributed by atoms with Crippen LogP contribution in [0.1, 0.15) is 18.1 Å². The lowest BCUT2D eigenvalue weighted by Gasteiger charge is -2.10. The van der Waals surface area contributed by atoms with E-state index >= 15 is 0 Å². The van der Waals surface area contributed by atoms with Crippen LogP contribution in [0.2, 0.25) is 5.02 Å². The van der Waals surface area contributed by atoms with E-state index in [9.17, 15) is 9.18 Å². The summed E-state index contributed by atoms with van der Waals surface area (Å²) in [5.74, 6) is 0.636. The van der Waals surface area contributed by atoms with Gasteiger partial charge in [0.2, 0.25) is 11.2 Å². The Kier molecular flexibility index (Phi) is 5.72. The Morgan fingerprint density at radius 1 is 1.03 bits per heavy atom. The number of halogens is 2. The van der Waals surface area contributed by atoms with Gasteiger partial charge < -0.3 is 13.9 Å². The van der Waals surface area contributed by atoms with Gasteiger partial charge in [0.15, 0.2) is 0 Å². The average Bonchev–Trinajstić information content (AvgIpc) is 2.76. The van der Waals surface area contributed by atoms with Crippen molar-refractivity contribution in [3.63, 3.8) is 0 Å². The molecule has 3 aromatic carbocycles. The number of ether oxygens (including phenoxy) is 2. The van der Waals surface area contributed by atoms with Crippen LogP contribution in [-0.4, -0.2) is 0 Å². The maximum atomic E-state index is 13.9. The van der Waals surface area contributed by atoms with E-state index in [1.807, 2.05) is 24.3 Å². The summed E-state index contributed by atoms with van der Waals surface area (Å²) in [7, 11) is 0. The molecule has 0 spiro atoms. The molecule has 4 aromatic rings. The first kappa shape index (κ1) is 20.0. The molecule has 6 heteroatoms. The van der Waals surface area contributed by atoms with Crippen molar-refractivity contribution in [1.29, 1.82) is 0 Å². The summed E-state index contributed by atoms with van der Waals surface area (Å²) in [6.45, 7) is 2.02. The minimum absolute atomic E-state index is 0.0454. The normalized spacial score (nSPS) is 10.9. The van der Waals surface area contributed by atoms with Crippen molar-refractivity contribution >= 4 is 22.6 Å². The van der Waals surface area contributed by atoms with E-state index in [4.69, 9.17) is 25.5 Å². The van der Waals surface area contributed by atoms with Crippen LogP contribution in [0.4, 0.5) is 4.39 Å². The molecule has 0 amide bonds. The standard InChI is InChI=1S/C24H18ClFO4/c1-2-15-6-8-16(9-7-15)30-23-14-29-22-12-17(10-11-18(22)24(23)27)28-13-19-20(25)4-3-5-21(19)26/h3-12,14H,2,13H2,1H3. The Morgan fingerprint density at radius 2 is 1.80 bits per heavy atom. The molecular formula is C24H18ClFO4. The van der Waals surface area contributed by atoms with Gasteiger partial charge in [-0.1, -0.05) is 36.7 Å². The summed E-state index contributed by atoms with van der Waals surface area (Å²) in [5, 5.41) is 0.644. The van der Waals surface area contributed by atoms with Gasteiger partial charge in [-0.2, -0.15) is 0 Å². The van der Waals surface area contributed by atoms with Gasteiger partial charge in [-0.15, -0.1) is 0 Å². The molecule has 0 atom stereocenters. The van der Waals surface area contributed by atoms with Crippen LogP contribution in [0.25, 0.3) is 11.0 Å². The lowest BCUT2D eigenvalue weighted by molar-refractivity contribution is 0.300. The Balaban J connectivity index is 1.55. The Hall–Kier alpha value is -3.31. The Bertz CT molecular complexity index is 1230. The predicted molar refractivity (Wildman–Crippen MR) is 114 cm³/mol. The highest BCUT2D eigenvalue weighted by Crippen LogP contribution is 2.26. The fraction of sp³-hybridized carbons (Fsp3) is 0.125. The zero-order valence-corrected chi connectivity index (χ0v) is 16.9. The number of aryl methyl sites for hydroxylation is 1. The second-order valence-corrected chi connectivity index (χ2v) is 7.08. The summed E-state index contributed by atoms with van der Waals surface area (Å²) >= 11 is 6.02. The van der Waals surface area contributed by atoms with Crippen molar-refractivity contribution in [3.05, 3.63) is 99.1 Å². The third-order valence-electron chi connectivity index (χ3n) is 4.72. The molecule has 1 heterocycles. The zero-order valence-electron chi connectivity index (χ0n) is 16.2. The van der Waals surface area contributed by atoms with E-state index in [0.29, 0.717) is 22.5 Å². The van der Waals surface area contributed by atoms with Crippen molar-refractivity contribution in [3.8, 4) is 17.2 Å². The van der Waals surface area contributed by atoms with Crippen molar-refractivity contribution in [1.82, 2.24) is 0 Å². The SMILES string of the molecule is CCc1ccc(Oc2coc3cc(OCc4c(F)cccc4Cl)ccc3c2=O)cc1. The van der Waals surface area contributed by atoms with Crippen LogP contribution in [0.15, 0.2) is 76.1 Å². The van der Waals surface area contributed by atoms with Gasteiger partial charge in [0.25, 0.3) is 0 Å². The predicted octanol–water partition coefficient (Wildman–Crippen LogP) is 6.52.